The molecule has 1 unspecified atom stereocenters. The van der Waals surface area contributed by atoms with Crippen LogP contribution in [0.4, 0.5) is 0 Å². The average Bonchev–Trinajstić information content (AvgIpc) is 2.53. The molecule has 136 valence electrons. The molecule has 0 aliphatic carbocycles. The lowest BCUT2D eigenvalue weighted by Gasteiger charge is -2.09. The number of carbonyl (C=O) groups is 3. The molecule has 0 saturated heterocycles. The van der Waals surface area contributed by atoms with E-state index in [0.29, 0.717) is 5.56 Å². The first-order chi connectivity index (χ1) is 11.8. The fourth-order valence-corrected chi connectivity index (χ4v) is 2.29. The van der Waals surface area contributed by atoms with Crippen LogP contribution in [0.3, 0.4) is 0 Å². The summed E-state index contributed by atoms with van der Waals surface area (Å²) in [7, 11) is 0. The van der Waals surface area contributed by atoms with Gasteiger partial charge in [0.25, 0.3) is 0 Å². The van der Waals surface area contributed by atoms with Crippen molar-refractivity contribution in [3.05, 3.63) is 29.8 Å². The summed E-state index contributed by atoms with van der Waals surface area (Å²) in [5, 5.41) is 0. The highest BCUT2D eigenvalue weighted by atomic mass is 16.6. The second-order valence-electron chi connectivity index (χ2n) is 6.03. The van der Waals surface area contributed by atoms with Gasteiger partial charge >= 0.3 is 11.9 Å². The monoisotopic (exact) mass is 346 g/mol. The van der Waals surface area contributed by atoms with Crippen LogP contribution in [0, 0.1) is 5.92 Å². The molecule has 0 heterocycles. The van der Waals surface area contributed by atoms with E-state index in [2.05, 4.69) is 6.92 Å². The van der Waals surface area contributed by atoms with E-state index >= 15 is 0 Å². The van der Waals surface area contributed by atoms with Crippen LogP contribution >= 0.6 is 0 Å². The third kappa shape index (κ3) is 7.79. The van der Waals surface area contributed by atoms with Gasteiger partial charge in [-0.25, -0.2) is 0 Å². The molecular formula is C20H26O5. The summed E-state index contributed by atoms with van der Waals surface area (Å²) < 4.78 is 10.1. The Kier molecular flexibility index (Phi) is 8.61. The van der Waals surface area contributed by atoms with E-state index in [-0.39, 0.29) is 23.2 Å². The van der Waals surface area contributed by atoms with E-state index in [0.717, 1.165) is 25.7 Å². The first-order valence-corrected chi connectivity index (χ1v) is 8.56. The number of benzene rings is 1. The van der Waals surface area contributed by atoms with Gasteiger partial charge in [0.05, 0.1) is 0 Å². The van der Waals surface area contributed by atoms with Crippen LogP contribution in [-0.2, 0) is 14.4 Å². The second-order valence-corrected chi connectivity index (χ2v) is 6.03. The van der Waals surface area contributed by atoms with Gasteiger partial charge in [-0.1, -0.05) is 45.3 Å². The van der Waals surface area contributed by atoms with E-state index in [1.807, 2.05) is 6.92 Å². The van der Waals surface area contributed by atoms with Crippen LogP contribution in [0.15, 0.2) is 24.3 Å². The lowest BCUT2D eigenvalue weighted by molar-refractivity contribution is -0.134. The smallest absolute Gasteiger partial charge is 0.308 e. The highest BCUT2D eigenvalue weighted by Gasteiger charge is 2.12. The van der Waals surface area contributed by atoms with E-state index in [1.165, 1.54) is 26.0 Å². The Hall–Kier alpha value is -2.43. The Morgan fingerprint density at radius 3 is 2.28 bits per heavy atom. The molecule has 0 spiro atoms. The average molecular weight is 346 g/mol. The molecule has 0 fully saturated rings. The first kappa shape index (κ1) is 20.6. The molecule has 1 aromatic rings. The summed E-state index contributed by atoms with van der Waals surface area (Å²) in [6.45, 7) is 6.59. The summed E-state index contributed by atoms with van der Waals surface area (Å²) in [5.41, 5.74) is 0.682. The molecule has 25 heavy (non-hydrogen) atoms. The third-order valence-corrected chi connectivity index (χ3v) is 3.64. The Balaban J connectivity index is 2.85. The number of carbonyl (C=O) groups excluding carboxylic acids is 3. The number of ketones is 1. The minimum absolute atomic E-state index is 0.0175. The molecule has 0 radical (unpaired) electrons. The third-order valence-electron chi connectivity index (χ3n) is 3.64. The van der Waals surface area contributed by atoms with Gasteiger partial charge in [-0.05, 0) is 30.2 Å². The normalized spacial score (nSPS) is 12.0. The lowest BCUT2D eigenvalue weighted by Crippen LogP contribution is -2.08. The van der Waals surface area contributed by atoms with E-state index in [9.17, 15) is 14.4 Å². The molecule has 0 amide bonds. The van der Waals surface area contributed by atoms with Crippen LogP contribution < -0.4 is 9.47 Å². The van der Waals surface area contributed by atoms with Crippen molar-refractivity contribution in [3.8, 4) is 11.5 Å². The summed E-state index contributed by atoms with van der Waals surface area (Å²) in [4.78, 5) is 34.5. The number of ether oxygens (including phenoxy) is 2. The van der Waals surface area contributed by atoms with E-state index in [4.69, 9.17) is 9.47 Å². The van der Waals surface area contributed by atoms with Gasteiger partial charge < -0.3 is 9.47 Å². The van der Waals surface area contributed by atoms with Crippen molar-refractivity contribution in [1.29, 1.82) is 0 Å². The molecule has 5 heteroatoms. The molecule has 5 nitrogen and oxygen atoms in total. The van der Waals surface area contributed by atoms with Crippen LogP contribution in [0.5, 0.6) is 11.5 Å². The van der Waals surface area contributed by atoms with Gasteiger partial charge in [0, 0.05) is 19.8 Å². The van der Waals surface area contributed by atoms with Gasteiger partial charge in [-0.2, -0.15) is 0 Å². The maximum absolute atomic E-state index is 12.1. The second kappa shape index (κ2) is 10.4. The highest BCUT2D eigenvalue weighted by molar-refractivity contribution is 5.95. The summed E-state index contributed by atoms with van der Waals surface area (Å²) >= 11 is 0. The van der Waals surface area contributed by atoms with Gasteiger partial charge in [0.1, 0.15) is 0 Å². The van der Waals surface area contributed by atoms with Crippen molar-refractivity contribution in [3.63, 3.8) is 0 Å². The minimum Gasteiger partial charge on any atom is -0.423 e. The molecule has 0 aliphatic rings. The predicted octanol–water partition coefficient (Wildman–Crippen LogP) is 4.34. The standard InChI is InChI=1S/C20H26O5/c1-5-6-7-8-14(2)18(23)11-9-17-10-12-19(24-15(3)21)20(13-17)25-16(4)22/h9-14H,5-8H2,1-4H3. The summed E-state index contributed by atoms with van der Waals surface area (Å²) in [6, 6.07) is 4.79. The van der Waals surface area contributed by atoms with Crippen LogP contribution in [0.1, 0.15) is 58.9 Å². The predicted molar refractivity (Wildman–Crippen MR) is 96.4 cm³/mol. The van der Waals surface area contributed by atoms with E-state index < -0.39 is 11.9 Å². The van der Waals surface area contributed by atoms with E-state index in [1.54, 1.807) is 18.2 Å². The topological polar surface area (TPSA) is 69.7 Å². The Labute approximate surface area is 149 Å². The van der Waals surface area contributed by atoms with Crippen molar-refractivity contribution in [2.24, 2.45) is 5.92 Å². The largest absolute Gasteiger partial charge is 0.423 e. The molecule has 0 bridgehead atoms. The van der Waals surface area contributed by atoms with Gasteiger partial charge in [-0.3, -0.25) is 14.4 Å². The lowest BCUT2D eigenvalue weighted by atomic mass is 9.98. The van der Waals surface area contributed by atoms with Gasteiger partial charge in [0.15, 0.2) is 17.3 Å². The van der Waals surface area contributed by atoms with Crippen LogP contribution in [0.25, 0.3) is 6.08 Å². The number of rotatable bonds is 9. The van der Waals surface area contributed by atoms with Crippen molar-refractivity contribution in [1.82, 2.24) is 0 Å². The van der Waals surface area contributed by atoms with Gasteiger partial charge in [-0.15, -0.1) is 0 Å². The maximum atomic E-state index is 12.1. The number of hydrogen-bond donors (Lipinski definition) is 0. The number of unbranched alkanes of at least 4 members (excludes halogenated alkanes) is 2. The zero-order valence-electron chi connectivity index (χ0n) is 15.3. The molecule has 0 N–H and O–H groups in total. The first-order valence-electron chi connectivity index (χ1n) is 8.56. The van der Waals surface area contributed by atoms with Gasteiger partial charge in [0.2, 0.25) is 0 Å². The highest BCUT2D eigenvalue weighted by Crippen LogP contribution is 2.29. The van der Waals surface area contributed by atoms with Crippen molar-refractivity contribution in [2.45, 2.75) is 53.4 Å². The molecular weight excluding hydrogens is 320 g/mol. The summed E-state index contributed by atoms with van der Waals surface area (Å²) in [5.74, 6) is -0.666. The fourth-order valence-electron chi connectivity index (χ4n) is 2.29. The Bertz CT molecular complexity index is 645. The fraction of sp³-hybridized carbons (Fsp3) is 0.450. The summed E-state index contributed by atoms with van der Waals surface area (Å²) in [6.07, 6.45) is 7.39. The quantitative estimate of drug-likeness (QED) is 0.288. The van der Waals surface area contributed by atoms with Crippen molar-refractivity contribution in [2.75, 3.05) is 0 Å². The minimum atomic E-state index is -0.518. The Morgan fingerprint density at radius 2 is 1.68 bits per heavy atom. The zero-order chi connectivity index (χ0) is 18.8. The molecule has 1 atom stereocenters. The molecule has 1 aromatic carbocycles. The zero-order valence-corrected chi connectivity index (χ0v) is 15.3. The van der Waals surface area contributed by atoms with Crippen molar-refractivity contribution >= 4 is 23.8 Å². The van der Waals surface area contributed by atoms with Crippen LogP contribution in [0.2, 0.25) is 0 Å². The molecule has 1 rings (SSSR count). The number of hydrogen-bond acceptors (Lipinski definition) is 5. The maximum Gasteiger partial charge on any atom is 0.308 e. The van der Waals surface area contributed by atoms with Crippen molar-refractivity contribution < 1.29 is 23.9 Å². The SMILES string of the molecule is CCCCCC(C)C(=O)C=Cc1ccc(OC(C)=O)c(OC(C)=O)c1. The molecule has 0 aromatic heterocycles. The molecule has 0 aliphatic heterocycles. The number of esters is 2. The Morgan fingerprint density at radius 1 is 1.04 bits per heavy atom. The van der Waals surface area contributed by atoms with Crippen LogP contribution in [-0.4, -0.2) is 17.7 Å². The molecule has 0 saturated carbocycles. The number of allylic oxidation sites excluding steroid dienone is 1.